The number of nitrogens with zero attached hydrogens (tertiary/aromatic N) is 8. The minimum absolute atomic E-state index is 0.00674. The molecule has 2 heterocycles. The monoisotopic (exact) mass is 516 g/mol. The first-order valence-corrected chi connectivity index (χ1v) is 11.3. The fourth-order valence-electron chi connectivity index (χ4n) is 4.00. The summed E-state index contributed by atoms with van der Waals surface area (Å²) in [6.07, 6.45) is 1.27. The number of nitriles is 2. The zero-order chi connectivity index (χ0) is 27.0. The van der Waals surface area contributed by atoms with Crippen LogP contribution in [-0.2, 0) is 6.54 Å². The normalized spacial score (nSPS) is 12.6. The van der Waals surface area contributed by atoms with E-state index in [9.17, 15) is 29.2 Å². The topological polar surface area (TPSA) is 144 Å². The van der Waals surface area contributed by atoms with Gasteiger partial charge in [-0.3, -0.25) is 0 Å². The Labute approximate surface area is 214 Å². The molecule has 1 saturated carbocycles. The van der Waals surface area contributed by atoms with Crippen LogP contribution < -0.4 is 14.5 Å². The van der Waals surface area contributed by atoms with Gasteiger partial charge in [-0.2, -0.15) is 20.0 Å². The standard InChI is InChI=1S/C25H18F2N8O3/c1-38-18-6-2-14(3-7-18)13-33(16-4-5-16)23-22-30-12-17(11-29)35(22)32-24(31-23)34(25(36)37)21-8-15(10-28)19(26)9-20(21)27/h2-3,6-9,12,16H,4-5,13H2,1H3,(H,36,37). The maximum absolute atomic E-state index is 14.8. The van der Waals surface area contributed by atoms with E-state index < -0.39 is 34.9 Å². The Hall–Kier alpha value is -5.30. The first-order valence-electron chi connectivity index (χ1n) is 11.3. The Morgan fingerprint density at radius 2 is 1.92 bits per heavy atom. The molecule has 1 amide bonds. The molecule has 1 aliphatic rings. The molecule has 38 heavy (non-hydrogen) atoms. The number of amides is 1. The Morgan fingerprint density at radius 3 is 2.53 bits per heavy atom. The zero-order valence-corrected chi connectivity index (χ0v) is 19.8. The smallest absolute Gasteiger partial charge is 0.419 e. The molecule has 4 aromatic rings. The lowest BCUT2D eigenvalue weighted by atomic mass is 10.2. The lowest BCUT2D eigenvalue weighted by molar-refractivity contribution is 0.204. The van der Waals surface area contributed by atoms with Gasteiger partial charge in [0.1, 0.15) is 23.7 Å². The first kappa shape index (κ1) is 24.4. The van der Waals surface area contributed by atoms with Crippen LogP contribution in [-0.4, -0.2) is 43.9 Å². The van der Waals surface area contributed by atoms with Crippen molar-refractivity contribution in [3.05, 3.63) is 71.1 Å². The highest BCUT2D eigenvalue weighted by Gasteiger charge is 2.34. The van der Waals surface area contributed by atoms with E-state index in [0.29, 0.717) is 23.3 Å². The van der Waals surface area contributed by atoms with Crippen molar-refractivity contribution < 1.29 is 23.4 Å². The van der Waals surface area contributed by atoms with Crippen LogP contribution in [0.3, 0.4) is 0 Å². The first-order chi connectivity index (χ1) is 18.3. The maximum atomic E-state index is 14.8. The Balaban J connectivity index is 1.69. The second-order valence-electron chi connectivity index (χ2n) is 8.45. The predicted molar refractivity (Wildman–Crippen MR) is 129 cm³/mol. The van der Waals surface area contributed by atoms with Crippen molar-refractivity contribution in [2.75, 3.05) is 16.9 Å². The molecular weight excluding hydrogens is 498 g/mol. The molecule has 5 rings (SSSR count). The van der Waals surface area contributed by atoms with E-state index in [2.05, 4.69) is 15.1 Å². The van der Waals surface area contributed by atoms with Crippen molar-refractivity contribution in [3.8, 4) is 17.9 Å². The van der Waals surface area contributed by atoms with Gasteiger partial charge in [0.2, 0.25) is 0 Å². The molecule has 2 aromatic carbocycles. The summed E-state index contributed by atoms with van der Waals surface area (Å²) in [5, 5.41) is 33.0. The van der Waals surface area contributed by atoms with Crippen LogP contribution in [0.1, 0.15) is 29.7 Å². The van der Waals surface area contributed by atoms with E-state index in [4.69, 9.17) is 4.74 Å². The molecule has 1 aliphatic carbocycles. The van der Waals surface area contributed by atoms with Crippen LogP contribution in [0.2, 0.25) is 0 Å². The number of methoxy groups -OCH3 is 1. The van der Waals surface area contributed by atoms with Crippen LogP contribution in [0.4, 0.5) is 31.0 Å². The molecule has 0 aliphatic heterocycles. The third-order valence-electron chi connectivity index (χ3n) is 6.01. The van der Waals surface area contributed by atoms with Gasteiger partial charge in [0.15, 0.2) is 23.0 Å². The molecule has 1 fully saturated rings. The van der Waals surface area contributed by atoms with Crippen molar-refractivity contribution in [2.45, 2.75) is 25.4 Å². The number of anilines is 3. The van der Waals surface area contributed by atoms with Crippen molar-refractivity contribution in [2.24, 2.45) is 0 Å². The third-order valence-corrected chi connectivity index (χ3v) is 6.01. The minimum atomic E-state index is -1.68. The van der Waals surface area contributed by atoms with E-state index in [0.717, 1.165) is 29.0 Å². The molecule has 0 saturated heterocycles. The van der Waals surface area contributed by atoms with Crippen molar-refractivity contribution in [1.82, 2.24) is 19.6 Å². The summed E-state index contributed by atoms with van der Waals surface area (Å²) in [4.78, 5) is 23.4. The quantitative estimate of drug-likeness (QED) is 0.383. The second kappa shape index (κ2) is 9.63. The zero-order valence-electron chi connectivity index (χ0n) is 19.8. The molecular formula is C25H18F2N8O3. The largest absolute Gasteiger partial charge is 0.497 e. The van der Waals surface area contributed by atoms with Crippen molar-refractivity contribution in [3.63, 3.8) is 0 Å². The Kier molecular flexibility index (Phi) is 6.18. The van der Waals surface area contributed by atoms with Crippen LogP contribution in [0.15, 0.2) is 42.6 Å². The summed E-state index contributed by atoms with van der Waals surface area (Å²) in [5.74, 6) is -1.98. The molecule has 0 unspecified atom stereocenters. The number of ether oxygens (including phenoxy) is 1. The van der Waals surface area contributed by atoms with Gasteiger partial charge in [0.05, 0.1) is 24.6 Å². The number of carbonyl (C=O) groups is 1. The number of carboxylic acid groups (broad SMARTS) is 1. The minimum Gasteiger partial charge on any atom is -0.497 e. The van der Waals surface area contributed by atoms with Gasteiger partial charge in [-0.05, 0) is 36.6 Å². The molecule has 0 spiro atoms. The summed E-state index contributed by atoms with van der Waals surface area (Å²) in [5.41, 5.74) is -0.108. The summed E-state index contributed by atoms with van der Waals surface area (Å²) in [6.45, 7) is 0.367. The number of fused-ring (bicyclic) bond motifs is 1. The average molecular weight is 516 g/mol. The summed E-state index contributed by atoms with van der Waals surface area (Å²) in [7, 11) is 1.56. The van der Waals surface area contributed by atoms with Gasteiger partial charge >= 0.3 is 6.09 Å². The molecule has 1 N–H and O–H groups in total. The molecule has 11 nitrogen and oxygen atoms in total. The van der Waals surface area contributed by atoms with E-state index in [1.807, 2.05) is 23.1 Å². The second-order valence-corrected chi connectivity index (χ2v) is 8.45. The van der Waals surface area contributed by atoms with E-state index in [1.165, 1.54) is 6.20 Å². The van der Waals surface area contributed by atoms with Crippen LogP contribution in [0.5, 0.6) is 5.75 Å². The maximum Gasteiger partial charge on any atom is 0.419 e. The fraction of sp³-hybridized carbons (Fsp3) is 0.200. The van der Waals surface area contributed by atoms with E-state index >= 15 is 0 Å². The van der Waals surface area contributed by atoms with Crippen LogP contribution in [0, 0.1) is 34.3 Å². The molecule has 2 aromatic heterocycles. The fourth-order valence-corrected chi connectivity index (χ4v) is 4.00. The summed E-state index contributed by atoms with van der Waals surface area (Å²) >= 11 is 0. The van der Waals surface area contributed by atoms with Crippen molar-refractivity contribution in [1.29, 1.82) is 10.5 Å². The predicted octanol–water partition coefficient (Wildman–Crippen LogP) is 4.14. The van der Waals surface area contributed by atoms with Crippen LogP contribution in [0.25, 0.3) is 5.65 Å². The lowest BCUT2D eigenvalue weighted by Crippen LogP contribution is -2.31. The van der Waals surface area contributed by atoms with Gasteiger partial charge in [-0.15, -0.1) is 5.10 Å². The molecule has 13 heteroatoms. The average Bonchev–Trinajstić information content (AvgIpc) is 3.67. The summed E-state index contributed by atoms with van der Waals surface area (Å²) in [6, 6.07) is 12.1. The van der Waals surface area contributed by atoms with Gasteiger partial charge in [-0.1, -0.05) is 12.1 Å². The number of aromatic nitrogens is 4. The molecule has 0 radical (unpaired) electrons. The Bertz CT molecular complexity index is 1640. The van der Waals surface area contributed by atoms with Gasteiger partial charge in [0.25, 0.3) is 5.95 Å². The number of benzene rings is 2. The number of hydrogen-bond acceptors (Lipinski definition) is 8. The molecule has 0 atom stereocenters. The number of rotatable bonds is 7. The SMILES string of the molecule is COc1ccc(CN(c2nc(N(C(=O)O)c3cc(C#N)c(F)cc3F)nn3c(C#N)cnc23)C2CC2)cc1. The number of hydrogen-bond donors (Lipinski definition) is 1. The van der Waals surface area contributed by atoms with Gasteiger partial charge < -0.3 is 14.7 Å². The summed E-state index contributed by atoms with van der Waals surface area (Å²) < 4.78 is 35.1. The lowest BCUT2D eigenvalue weighted by Gasteiger charge is -2.26. The van der Waals surface area contributed by atoms with E-state index in [-0.39, 0.29) is 23.2 Å². The van der Waals surface area contributed by atoms with Crippen molar-refractivity contribution >= 4 is 29.2 Å². The highest BCUT2D eigenvalue weighted by atomic mass is 19.1. The van der Waals surface area contributed by atoms with Gasteiger partial charge in [-0.25, -0.2) is 23.5 Å². The highest BCUT2D eigenvalue weighted by Crippen LogP contribution is 2.36. The Morgan fingerprint density at radius 1 is 1.18 bits per heavy atom. The third kappa shape index (κ3) is 4.37. The number of halogens is 2. The highest BCUT2D eigenvalue weighted by molar-refractivity contribution is 5.93. The van der Waals surface area contributed by atoms with Crippen LogP contribution >= 0.6 is 0 Å². The molecule has 0 bridgehead atoms. The number of imidazole rings is 1. The van der Waals surface area contributed by atoms with E-state index in [1.54, 1.807) is 25.3 Å². The molecule has 190 valence electrons. The van der Waals surface area contributed by atoms with Gasteiger partial charge in [0, 0.05) is 18.7 Å².